The number of rotatable bonds is 6. The first-order valence-electron chi connectivity index (χ1n) is 9.01. The average molecular weight is 485 g/mol. The van der Waals surface area contributed by atoms with E-state index in [0.29, 0.717) is 0 Å². The Hall–Kier alpha value is -3.12. The van der Waals surface area contributed by atoms with Crippen molar-refractivity contribution in [3.63, 3.8) is 0 Å². The van der Waals surface area contributed by atoms with Gasteiger partial charge in [0, 0.05) is 24.2 Å². The van der Waals surface area contributed by atoms with Gasteiger partial charge >= 0.3 is 0 Å². The molecule has 1 atom stereocenters. The summed E-state index contributed by atoms with van der Waals surface area (Å²) in [5.41, 5.74) is -0.514. The van der Waals surface area contributed by atoms with Crippen molar-refractivity contribution in [3.8, 4) is 16.9 Å². The Morgan fingerprint density at radius 2 is 1.94 bits per heavy atom. The van der Waals surface area contributed by atoms with Gasteiger partial charge in [-0.15, -0.1) is 8.98 Å². The lowest BCUT2D eigenvalue weighted by molar-refractivity contribution is 0.219. The summed E-state index contributed by atoms with van der Waals surface area (Å²) in [5, 5.41) is 6.21. The molecule has 0 aliphatic heterocycles. The smallest absolute Gasteiger partial charge is 0.192 e. The van der Waals surface area contributed by atoms with Gasteiger partial charge in [-0.1, -0.05) is 11.6 Å². The highest BCUT2D eigenvalue weighted by atomic mass is 35.5. The van der Waals surface area contributed by atoms with E-state index in [4.69, 9.17) is 16.3 Å². The van der Waals surface area contributed by atoms with E-state index in [0.717, 1.165) is 34.9 Å². The Morgan fingerprint density at radius 1 is 1.16 bits per heavy atom. The number of nitrogens with one attached hydrogen (secondary N) is 1. The van der Waals surface area contributed by atoms with Crippen LogP contribution >= 0.6 is 23.9 Å². The van der Waals surface area contributed by atoms with Crippen molar-refractivity contribution in [2.24, 2.45) is 0 Å². The number of fused-ring (bicyclic) bond motifs is 1. The van der Waals surface area contributed by atoms with E-state index in [9.17, 15) is 12.7 Å². The molecule has 4 rings (SSSR count). The van der Waals surface area contributed by atoms with Crippen LogP contribution in [0.5, 0.6) is 5.75 Å². The molecule has 0 aliphatic rings. The number of hydrogen-bond acceptors (Lipinski definition) is 7. The lowest BCUT2D eigenvalue weighted by Gasteiger charge is -2.18. The number of halogens is 5. The van der Waals surface area contributed by atoms with Gasteiger partial charge in [0.2, 0.25) is 0 Å². The number of aromatic nitrogens is 5. The zero-order chi connectivity index (χ0) is 23.0. The predicted octanol–water partition coefficient (Wildman–Crippen LogP) is 5.52. The number of nitrogens with zero attached hydrogens (tertiary/aromatic N) is 5. The molecule has 0 fully saturated rings. The molecular weight excluding hydrogens is 472 g/mol. The highest BCUT2D eigenvalue weighted by molar-refractivity contribution is 7.92. The summed E-state index contributed by atoms with van der Waals surface area (Å²) in [6.45, 7) is 1.59. The molecule has 2 heterocycles. The Labute approximate surface area is 188 Å². The van der Waals surface area contributed by atoms with E-state index >= 15 is 4.39 Å². The summed E-state index contributed by atoms with van der Waals surface area (Å²) >= 11 is 5.54. The fourth-order valence-corrected chi connectivity index (χ4v) is 3.52. The van der Waals surface area contributed by atoms with E-state index in [2.05, 4.69) is 25.4 Å². The van der Waals surface area contributed by atoms with Crippen LogP contribution in [0.4, 0.5) is 22.9 Å². The molecule has 0 radical (unpaired) electrons. The van der Waals surface area contributed by atoms with Crippen LogP contribution in [0.3, 0.4) is 0 Å². The third kappa shape index (κ3) is 3.79. The maximum absolute atomic E-state index is 15.3. The third-order valence-corrected chi connectivity index (χ3v) is 5.26. The monoisotopic (exact) mass is 484 g/mol. The van der Waals surface area contributed by atoms with Crippen LogP contribution in [0.15, 0.2) is 30.9 Å². The van der Waals surface area contributed by atoms with Gasteiger partial charge in [-0.2, -0.15) is 4.09 Å². The minimum absolute atomic E-state index is 0.00549. The van der Waals surface area contributed by atoms with Gasteiger partial charge in [-0.25, -0.2) is 28.1 Å². The molecule has 13 heteroatoms. The molecule has 1 unspecified atom stereocenters. The molecule has 7 nitrogen and oxygen atoms in total. The Kier molecular flexibility index (Phi) is 6.07. The molecule has 0 aliphatic carbocycles. The molecule has 0 amide bonds. The molecule has 166 valence electrons. The second-order valence-corrected chi connectivity index (χ2v) is 7.37. The van der Waals surface area contributed by atoms with Crippen LogP contribution in [0.25, 0.3) is 22.0 Å². The van der Waals surface area contributed by atoms with Crippen molar-refractivity contribution >= 4 is 40.7 Å². The molecule has 2 aromatic heterocycles. The standard InChI is InChI=1S/C19H13ClF4N6OS/c1-8(18-28-7-30(29-18)32-24)31-12-5-11(22)13(9-3-4-10(21)15(20)16(9)23)17-14(12)19(25-2)27-6-26-17/h3-8H,1-2H3,(H,25,26,27). The van der Waals surface area contributed by atoms with Crippen LogP contribution in [-0.4, -0.2) is 31.2 Å². The molecular formula is C19H13ClF4N6OS. The summed E-state index contributed by atoms with van der Waals surface area (Å²) in [5.74, 6) is -2.57. The van der Waals surface area contributed by atoms with Gasteiger partial charge < -0.3 is 10.1 Å². The number of hydrogen-bond donors (Lipinski definition) is 1. The lowest BCUT2D eigenvalue weighted by atomic mass is 10.00. The van der Waals surface area contributed by atoms with E-state index < -0.39 is 28.6 Å². The summed E-state index contributed by atoms with van der Waals surface area (Å²) in [6.07, 6.45) is 1.51. The molecule has 0 spiro atoms. The normalized spacial score (nSPS) is 12.2. The van der Waals surface area contributed by atoms with Crippen LogP contribution < -0.4 is 10.1 Å². The lowest BCUT2D eigenvalue weighted by Crippen LogP contribution is -2.08. The maximum atomic E-state index is 15.3. The Morgan fingerprint density at radius 3 is 2.62 bits per heavy atom. The fourth-order valence-electron chi connectivity index (χ4n) is 3.16. The zero-order valence-corrected chi connectivity index (χ0v) is 18.0. The second kappa shape index (κ2) is 8.79. The first kappa shape index (κ1) is 22.1. The van der Waals surface area contributed by atoms with Crippen molar-refractivity contribution in [2.75, 3.05) is 12.4 Å². The average Bonchev–Trinajstić information content (AvgIpc) is 3.28. The van der Waals surface area contributed by atoms with Gasteiger partial charge in [0.05, 0.1) is 10.9 Å². The zero-order valence-electron chi connectivity index (χ0n) is 16.4. The first-order chi connectivity index (χ1) is 15.3. The van der Waals surface area contributed by atoms with Gasteiger partial charge in [0.15, 0.2) is 30.1 Å². The van der Waals surface area contributed by atoms with Crippen molar-refractivity contribution in [1.29, 1.82) is 0 Å². The number of benzene rings is 2. The molecule has 0 bridgehead atoms. The van der Waals surface area contributed by atoms with Gasteiger partial charge in [0.25, 0.3) is 0 Å². The number of anilines is 1. The highest BCUT2D eigenvalue weighted by Gasteiger charge is 2.25. The largest absolute Gasteiger partial charge is 0.482 e. The molecule has 2 aromatic carbocycles. The molecule has 0 saturated carbocycles. The van der Waals surface area contributed by atoms with Crippen molar-refractivity contribution < 1.29 is 21.8 Å². The van der Waals surface area contributed by atoms with Crippen LogP contribution in [-0.2, 0) is 0 Å². The van der Waals surface area contributed by atoms with Gasteiger partial charge in [-0.3, -0.25) is 0 Å². The topological polar surface area (TPSA) is 77.8 Å². The highest BCUT2D eigenvalue weighted by Crippen LogP contribution is 2.41. The van der Waals surface area contributed by atoms with Gasteiger partial charge in [0.1, 0.15) is 40.9 Å². The maximum Gasteiger partial charge on any atom is 0.192 e. The van der Waals surface area contributed by atoms with Crippen LogP contribution in [0.1, 0.15) is 18.9 Å². The van der Waals surface area contributed by atoms with Crippen LogP contribution in [0, 0.1) is 17.5 Å². The van der Waals surface area contributed by atoms with E-state index in [1.165, 1.54) is 0 Å². The minimum atomic E-state index is -1.13. The Bertz CT molecular complexity index is 1320. The summed E-state index contributed by atoms with van der Waals surface area (Å²) in [6, 6.07) is 3.03. The van der Waals surface area contributed by atoms with Crippen molar-refractivity contribution in [1.82, 2.24) is 24.1 Å². The van der Waals surface area contributed by atoms with Crippen molar-refractivity contribution in [2.45, 2.75) is 13.0 Å². The van der Waals surface area contributed by atoms with Crippen LogP contribution in [0.2, 0.25) is 5.02 Å². The van der Waals surface area contributed by atoms with E-state index in [1.807, 2.05) is 0 Å². The minimum Gasteiger partial charge on any atom is -0.482 e. The quantitative estimate of drug-likeness (QED) is 0.285. The third-order valence-electron chi connectivity index (χ3n) is 4.60. The van der Waals surface area contributed by atoms with Crippen molar-refractivity contribution in [3.05, 3.63) is 59.2 Å². The van der Waals surface area contributed by atoms with E-state index in [1.54, 1.807) is 14.0 Å². The molecule has 4 aromatic rings. The predicted molar refractivity (Wildman–Crippen MR) is 113 cm³/mol. The summed E-state index contributed by atoms with van der Waals surface area (Å²) in [4.78, 5) is 12.2. The van der Waals surface area contributed by atoms with Gasteiger partial charge in [-0.05, 0) is 19.1 Å². The first-order valence-corrected chi connectivity index (χ1v) is 10.1. The summed E-state index contributed by atoms with van der Waals surface area (Å²) in [7, 11) is 1.58. The second-order valence-electron chi connectivity index (χ2n) is 6.48. The molecule has 32 heavy (non-hydrogen) atoms. The SMILES string of the molecule is CNc1ncnc2c(-c3ccc(F)c(Cl)c3F)c(F)cc(OC(C)c3ncn(SF)n3)c12. The fraction of sp³-hybridized carbons (Fsp3) is 0.158. The molecule has 0 saturated heterocycles. The molecule has 1 N–H and O–H groups in total. The Balaban J connectivity index is 1.91. The summed E-state index contributed by atoms with van der Waals surface area (Å²) < 4.78 is 63.1. The number of ether oxygens (including phenoxy) is 1. The van der Waals surface area contributed by atoms with E-state index in [-0.39, 0.29) is 51.8 Å².